The predicted octanol–water partition coefficient (Wildman–Crippen LogP) is 3.29. The standard InChI is InChI=1S/C17H18FNO/c1-11-9-14(20-2)4-6-15(11)17(19)8-7-12-10-13(18)3-5-16(12)17/h3-6,9-10H,7-8,19H2,1-2H3. The Morgan fingerprint density at radius 2 is 1.90 bits per heavy atom. The highest BCUT2D eigenvalue weighted by atomic mass is 19.1. The molecule has 0 saturated heterocycles. The number of aryl methyl sites for hydroxylation is 2. The van der Waals surface area contributed by atoms with Gasteiger partial charge in [0.1, 0.15) is 11.6 Å². The second kappa shape index (κ2) is 4.60. The maximum absolute atomic E-state index is 13.3. The average molecular weight is 271 g/mol. The zero-order chi connectivity index (χ0) is 14.3. The molecule has 20 heavy (non-hydrogen) atoms. The molecular formula is C17H18FNO. The SMILES string of the molecule is COc1ccc(C2(N)CCc3cc(F)ccc32)c(C)c1. The largest absolute Gasteiger partial charge is 0.497 e. The van der Waals surface area contributed by atoms with Crippen molar-refractivity contribution in [1.82, 2.24) is 0 Å². The monoisotopic (exact) mass is 271 g/mol. The van der Waals surface area contributed by atoms with Crippen molar-refractivity contribution in [3.8, 4) is 5.75 Å². The molecule has 2 aromatic carbocycles. The highest BCUT2D eigenvalue weighted by Crippen LogP contribution is 2.41. The van der Waals surface area contributed by atoms with Gasteiger partial charge in [0.05, 0.1) is 12.6 Å². The molecule has 0 saturated carbocycles. The fraction of sp³-hybridized carbons (Fsp3) is 0.294. The van der Waals surface area contributed by atoms with Gasteiger partial charge >= 0.3 is 0 Å². The van der Waals surface area contributed by atoms with Crippen molar-refractivity contribution in [2.45, 2.75) is 25.3 Å². The van der Waals surface area contributed by atoms with Crippen molar-refractivity contribution in [2.75, 3.05) is 7.11 Å². The van der Waals surface area contributed by atoms with E-state index in [1.165, 1.54) is 6.07 Å². The Kier molecular flexibility index (Phi) is 3.02. The first-order valence-electron chi connectivity index (χ1n) is 6.77. The lowest BCUT2D eigenvalue weighted by Crippen LogP contribution is -2.36. The third kappa shape index (κ3) is 1.90. The van der Waals surface area contributed by atoms with Crippen LogP contribution in [-0.2, 0) is 12.0 Å². The van der Waals surface area contributed by atoms with Gasteiger partial charge in [-0.15, -0.1) is 0 Å². The van der Waals surface area contributed by atoms with Gasteiger partial charge in [-0.1, -0.05) is 12.1 Å². The zero-order valence-electron chi connectivity index (χ0n) is 11.7. The van der Waals surface area contributed by atoms with Gasteiger partial charge in [0.15, 0.2) is 0 Å². The number of nitrogens with two attached hydrogens (primary N) is 1. The maximum Gasteiger partial charge on any atom is 0.123 e. The molecule has 1 aliphatic rings. The van der Waals surface area contributed by atoms with E-state index >= 15 is 0 Å². The predicted molar refractivity (Wildman–Crippen MR) is 77.4 cm³/mol. The molecule has 104 valence electrons. The molecule has 0 amide bonds. The van der Waals surface area contributed by atoms with Crippen LogP contribution in [0.2, 0.25) is 0 Å². The molecule has 2 N–H and O–H groups in total. The summed E-state index contributed by atoms with van der Waals surface area (Å²) in [5.41, 5.74) is 10.4. The smallest absolute Gasteiger partial charge is 0.123 e. The molecule has 0 aromatic heterocycles. The van der Waals surface area contributed by atoms with Gasteiger partial charge in [-0.3, -0.25) is 0 Å². The molecule has 1 atom stereocenters. The topological polar surface area (TPSA) is 35.2 Å². The molecule has 3 rings (SSSR count). The summed E-state index contributed by atoms with van der Waals surface area (Å²) >= 11 is 0. The van der Waals surface area contributed by atoms with Crippen LogP contribution in [0.4, 0.5) is 4.39 Å². The lowest BCUT2D eigenvalue weighted by Gasteiger charge is -2.28. The Morgan fingerprint density at radius 1 is 1.15 bits per heavy atom. The van der Waals surface area contributed by atoms with Gasteiger partial charge in [-0.2, -0.15) is 0 Å². The van der Waals surface area contributed by atoms with Crippen molar-refractivity contribution < 1.29 is 9.13 Å². The van der Waals surface area contributed by atoms with Crippen molar-refractivity contribution in [2.24, 2.45) is 5.73 Å². The van der Waals surface area contributed by atoms with Gasteiger partial charge in [-0.25, -0.2) is 4.39 Å². The molecule has 2 nitrogen and oxygen atoms in total. The van der Waals surface area contributed by atoms with Crippen LogP contribution in [-0.4, -0.2) is 7.11 Å². The normalized spacial score (nSPS) is 20.8. The number of fused-ring (bicyclic) bond motifs is 1. The van der Waals surface area contributed by atoms with E-state index < -0.39 is 5.54 Å². The minimum Gasteiger partial charge on any atom is -0.497 e. The van der Waals surface area contributed by atoms with Crippen molar-refractivity contribution >= 4 is 0 Å². The lowest BCUT2D eigenvalue weighted by molar-refractivity contribution is 0.413. The molecule has 0 aliphatic heterocycles. The van der Waals surface area contributed by atoms with E-state index in [1.54, 1.807) is 13.2 Å². The second-order valence-electron chi connectivity index (χ2n) is 5.45. The molecule has 0 heterocycles. The van der Waals surface area contributed by atoms with Crippen molar-refractivity contribution in [3.05, 3.63) is 64.5 Å². The Hall–Kier alpha value is -1.87. The first-order chi connectivity index (χ1) is 9.54. The first-order valence-corrected chi connectivity index (χ1v) is 6.77. The number of ether oxygens (including phenoxy) is 1. The number of hydrogen-bond acceptors (Lipinski definition) is 2. The van der Waals surface area contributed by atoms with Crippen LogP contribution >= 0.6 is 0 Å². The van der Waals surface area contributed by atoms with Crippen LogP contribution in [0.15, 0.2) is 36.4 Å². The summed E-state index contributed by atoms with van der Waals surface area (Å²) in [6, 6.07) is 10.9. The van der Waals surface area contributed by atoms with E-state index in [-0.39, 0.29) is 5.82 Å². The van der Waals surface area contributed by atoms with Crippen LogP contribution in [0.5, 0.6) is 5.75 Å². The van der Waals surface area contributed by atoms with Gasteiger partial charge in [0, 0.05) is 0 Å². The number of benzene rings is 2. The minimum absolute atomic E-state index is 0.195. The summed E-state index contributed by atoms with van der Waals surface area (Å²) in [5.74, 6) is 0.631. The number of rotatable bonds is 2. The average Bonchev–Trinajstić information content (AvgIpc) is 2.76. The van der Waals surface area contributed by atoms with Gasteiger partial charge in [0.2, 0.25) is 0 Å². The van der Waals surface area contributed by atoms with E-state index in [0.717, 1.165) is 40.8 Å². The summed E-state index contributed by atoms with van der Waals surface area (Å²) in [6.07, 6.45) is 1.62. The summed E-state index contributed by atoms with van der Waals surface area (Å²) in [7, 11) is 1.65. The van der Waals surface area contributed by atoms with Crippen molar-refractivity contribution in [3.63, 3.8) is 0 Å². The third-order valence-electron chi connectivity index (χ3n) is 4.25. The van der Waals surface area contributed by atoms with E-state index in [1.807, 2.05) is 31.2 Å². The third-order valence-corrected chi connectivity index (χ3v) is 4.25. The molecule has 1 unspecified atom stereocenters. The molecule has 1 aliphatic carbocycles. The maximum atomic E-state index is 13.3. The minimum atomic E-state index is -0.528. The van der Waals surface area contributed by atoms with Crippen LogP contribution in [0.3, 0.4) is 0 Å². The van der Waals surface area contributed by atoms with E-state index in [9.17, 15) is 4.39 Å². The number of halogens is 1. The Bertz CT molecular complexity index is 668. The van der Waals surface area contributed by atoms with E-state index in [4.69, 9.17) is 10.5 Å². The van der Waals surface area contributed by atoms with Crippen LogP contribution in [0.25, 0.3) is 0 Å². The summed E-state index contributed by atoms with van der Waals surface area (Å²) in [4.78, 5) is 0. The van der Waals surface area contributed by atoms with Gasteiger partial charge < -0.3 is 10.5 Å². The molecule has 0 fully saturated rings. The fourth-order valence-electron chi connectivity index (χ4n) is 3.21. The fourth-order valence-corrected chi connectivity index (χ4v) is 3.21. The molecular weight excluding hydrogens is 253 g/mol. The van der Waals surface area contributed by atoms with Crippen LogP contribution < -0.4 is 10.5 Å². The number of hydrogen-bond donors (Lipinski definition) is 1. The van der Waals surface area contributed by atoms with Gasteiger partial charge in [-0.05, 0) is 66.3 Å². The van der Waals surface area contributed by atoms with Crippen LogP contribution in [0.1, 0.15) is 28.7 Å². The molecule has 2 aromatic rings. The quantitative estimate of drug-likeness (QED) is 0.909. The summed E-state index contributed by atoms with van der Waals surface area (Å²) < 4.78 is 18.6. The molecule has 0 spiro atoms. The van der Waals surface area contributed by atoms with Crippen molar-refractivity contribution in [1.29, 1.82) is 0 Å². The lowest BCUT2D eigenvalue weighted by atomic mass is 9.83. The second-order valence-corrected chi connectivity index (χ2v) is 5.45. The number of methoxy groups -OCH3 is 1. The van der Waals surface area contributed by atoms with E-state index in [2.05, 4.69) is 0 Å². The van der Waals surface area contributed by atoms with Gasteiger partial charge in [0.25, 0.3) is 0 Å². The summed E-state index contributed by atoms with van der Waals surface area (Å²) in [5, 5.41) is 0. The van der Waals surface area contributed by atoms with E-state index in [0.29, 0.717) is 0 Å². The zero-order valence-corrected chi connectivity index (χ0v) is 11.7. The Labute approximate surface area is 118 Å². The molecule has 3 heteroatoms. The Morgan fingerprint density at radius 3 is 2.60 bits per heavy atom. The highest BCUT2D eigenvalue weighted by Gasteiger charge is 2.37. The molecule has 0 bridgehead atoms. The summed E-state index contributed by atoms with van der Waals surface area (Å²) in [6.45, 7) is 2.04. The Balaban J connectivity index is 2.12. The van der Waals surface area contributed by atoms with Crippen LogP contribution in [0, 0.1) is 12.7 Å². The highest BCUT2D eigenvalue weighted by molar-refractivity contribution is 5.50. The molecule has 0 radical (unpaired) electrons. The first kappa shape index (κ1) is 13.1.